The van der Waals surface area contributed by atoms with E-state index in [1.165, 1.54) is 0 Å². The van der Waals surface area contributed by atoms with E-state index in [9.17, 15) is 4.79 Å². The van der Waals surface area contributed by atoms with E-state index in [2.05, 4.69) is 21.2 Å². The van der Waals surface area contributed by atoms with E-state index in [1.807, 2.05) is 23.2 Å². The van der Waals surface area contributed by atoms with Gasteiger partial charge in [-0.05, 0) is 46.3 Å². The number of hydrogen-bond acceptors (Lipinski definition) is 3. The Labute approximate surface area is 106 Å². The first-order valence-electron chi connectivity index (χ1n) is 4.88. The Kier molecular flexibility index (Phi) is 4.11. The minimum atomic E-state index is 0.0638. The molecule has 1 fully saturated rings. The number of hydrogen-bond donors (Lipinski definition) is 1. The second-order valence-corrected chi connectivity index (χ2v) is 7.01. The molecule has 2 rings (SSSR count). The van der Waals surface area contributed by atoms with Crippen LogP contribution in [0.3, 0.4) is 0 Å². The molecule has 0 unspecified atom stereocenters. The summed E-state index contributed by atoms with van der Waals surface area (Å²) in [7, 11) is 0. The molecule has 5 heteroatoms. The van der Waals surface area contributed by atoms with E-state index >= 15 is 0 Å². The van der Waals surface area contributed by atoms with Crippen molar-refractivity contribution in [2.24, 2.45) is 0 Å². The molecule has 0 spiro atoms. The lowest BCUT2D eigenvalue weighted by Crippen LogP contribution is -2.37. The van der Waals surface area contributed by atoms with Crippen LogP contribution in [0.15, 0.2) is 15.2 Å². The highest BCUT2D eigenvalue weighted by Crippen LogP contribution is 2.21. The predicted octanol–water partition coefficient (Wildman–Crippen LogP) is 3.14. The van der Waals surface area contributed by atoms with Gasteiger partial charge in [0.1, 0.15) is 0 Å². The van der Waals surface area contributed by atoms with Crippen LogP contribution in [0.4, 0.5) is 0 Å². The molecule has 1 aliphatic rings. The van der Waals surface area contributed by atoms with Crippen molar-refractivity contribution in [2.45, 2.75) is 18.9 Å². The number of halogens is 1. The van der Waals surface area contributed by atoms with Gasteiger partial charge < -0.3 is 5.32 Å². The van der Waals surface area contributed by atoms with Crippen LogP contribution in [-0.2, 0) is 0 Å². The maximum absolute atomic E-state index is 11.8. The normalized spacial score (nSPS) is 17.7. The molecule has 0 atom stereocenters. The third-order valence-corrected chi connectivity index (χ3v) is 4.94. The summed E-state index contributed by atoms with van der Waals surface area (Å²) in [6.45, 7) is 0. The Bertz CT molecular complexity index is 347. The molecule has 1 aromatic heterocycles. The topological polar surface area (TPSA) is 29.1 Å². The van der Waals surface area contributed by atoms with Crippen LogP contribution in [0.2, 0.25) is 0 Å². The first kappa shape index (κ1) is 11.5. The number of carbonyl (C=O) groups is 1. The third-order valence-electron chi connectivity index (χ3n) is 2.39. The number of thioether (sulfide) groups is 1. The van der Waals surface area contributed by atoms with E-state index in [4.69, 9.17) is 0 Å². The second-order valence-electron chi connectivity index (χ2n) is 3.50. The van der Waals surface area contributed by atoms with E-state index < -0.39 is 0 Å². The Hall–Kier alpha value is -0.000000000000000111. The summed E-state index contributed by atoms with van der Waals surface area (Å²) in [5.41, 5.74) is 0.769. The van der Waals surface area contributed by atoms with Gasteiger partial charge in [0, 0.05) is 11.4 Å². The molecule has 2 heterocycles. The Balaban J connectivity index is 1.91. The van der Waals surface area contributed by atoms with Gasteiger partial charge in [-0.15, -0.1) is 11.3 Å². The van der Waals surface area contributed by atoms with Gasteiger partial charge in [0.25, 0.3) is 5.91 Å². The highest BCUT2D eigenvalue weighted by Gasteiger charge is 2.17. The zero-order chi connectivity index (χ0) is 10.7. The monoisotopic (exact) mass is 305 g/mol. The van der Waals surface area contributed by atoms with Crippen molar-refractivity contribution in [1.29, 1.82) is 0 Å². The minimum absolute atomic E-state index is 0.0638. The fourth-order valence-corrected chi connectivity index (χ4v) is 3.78. The van der Waals surface area contributed by atoms with Gasteiger partial charge in [-0.2, -0.15) is 11.8 Å². The van der Waals surface area contributed by atoms with Crippen LogP contribution >= 0.6 is 39.0 Å². The van der Waals surface area contributed by atoms with Crippen LogP contribution in [0, 0.1) is 0 Å². The largest absolute Gasteiger partial charge is 0.349 e. The van der Waals surface area contributed by atoms with Gasteiger partial charge in [-0.3, -0.25) is 4.79 Å². The van der Waals surface area contributed by atoms with E-state index in [0.717, 1.165) is 33.7 Å². The molecular formula is C10H12BrNOS2. The molecule has 0 radical (unpaired) electrons. The highest BCUT2D eigenvalue weighted by molar-refractivity contribution is 9.11. The summed E-state index contributed by atoms with van der Waals surface area (Å²) in [5.74, 6) is 2.39. The van der Waals surface area contributed by atoms with Crippen molar-refractivity contribution in [3.63, 3.8) is 0 Å². The highest BCUT2D eigenvalue weighted by atomic mass is 79.9. The summed E-state index contributed by atoms with van der Waals surface area (Å²) in [5, 5.41) is 4.97. The van der Waals surface area contributed by atoms with Crippen LogP contribution in [0.5, 0.6) is 0 Å². The number of carbonyl (C=O) groups excluding carboxylic acids is 1. The zero-order valence-corrected chi connectivity index (χ0v) is 11.4. The summed E-state index contributed by atoms with van der Waals surface area (Å²) < 4.78 is 1.01. The number of thiophene rings is 1. The van der Waals surface area contributed by atoms with Crippen LogP contribution in [0.25, 0.3) is 0 Å². The van der Waals surface area contributed by atoms with Crippen molar-refractivity contribution in [1.82, 2.24) is 5.32 Å². The fraction of sp³-hybridized carbons (Fsp3) is 0.500. The van der Waals surface area contributed by atoms with Crippen molar-refractivity contribution >= 4 is 44.9 Å². The van der Waals surface area contributed by atoms with Gasteiger partial charge in [0.2, 0.25) is 0 Å². The molecule has 0 saturated carbocycles. The van der Waals surface area contributed by atoms with Gasteiger partial charge >= 0.3 is 0 Å². The minimum Gasteiger partial charge on any atom is -0.349 e. The average molecular weight is 306 g/mol. The molecule has 1 N–H and O–H groups in total. The zero-order valence-electron chi connectivity index (χ0n) is 8.16. The van der Waals surface area contributed by atoms with Crippen molar-refractivity contribution < 1.29 is 4.79 Å². The fourth-order valence-electron chi connectivity index (χ4n) is 1.54. The van der Waals surface area contributed by atoms with Gasteiger partial charge in [0.05, 0.1) is 9.35 Å². The molecule has 1 amide bonds. The lowest BCUT2D eigenvalue weighted by atomic mass is 10.1. The molecule has 1 aliphatic heterocycles. The predicted molar refractivity (Wildman–Crippen MR) is 69.8 cm³/mol. The lowest BCUT2D eigenvalue weighted by Gasteiger charge is -2.22. The van der Waals surface area contributed by atoms with Gasteiger partial charge in [-0.1, -0.05) is 0 Å². The first-order chi connectivity index (χ1) is 7.25. The Morgan fingerprint density at radius 1 is 1.47 bits per heavy atom. The average Bonchev–Trinajstić information content (AvgIpc) is 2.66. The van der Waals surface area contributed by atoms with Crippen LogP contribution in [0.1, 0.15) is 23.2 Å². The van der Waals surface area contributed by atoms with E-state index in [1.54, 1.807) is 11.3 Å². The molecule has 2 nitrogen and oxygen atoms in total. The molecule has 82 valence electrons. The quantitative estimate of drug-likeness (QED) is 0.909. The van der Waals surface area contributed by atoms with Crippen molar-refractivity contribution in [2.75, 3.05) is 11.5 Å². The summed E-state index contributed by atoms with van der Waals surface area (Å²) in [6, 6.07) is 2.25. The number of nitrogens with one attached hydrogen (secondary N) is 1. The molecule has 1 aromatic rings. The molecule has 0 aliphatic carbocycles. The second kappa shape index (κ2) is 5.37. The molecule has 1 saturated heterocycles. The number of amides is 1. The van der Waals surface area contributed by atoms with Crippen LogP contribution < -0.4 is 5.32 Å². The summed E-state index contributed by atoms with van der Waals surface area (Å²) in [4.78, 5) is 11.8. The molecule has 0 bridgehead atoms. The maximum Gasteiger partial charge on any atom is 0.252 e. The molecule has 0 aromatic carbocycles. The maximum atomic E-state index is 11.8. The van der Waals surface area contributed by atoms with E-state index in [-0.39, 0.29) is 5.91 Å². The molecule has 15 heavy (non-hydrogen) atoms. The Morgan fingerprint density at radius 2 is 2.20 bits per heavy atom. The molecular weight excluding hydrogens is 294 g/mol. The lowest BCUT2D eigenvalue weighted by molar-refractivity contribution is 0.0935. The van der Waals surface area contributed by atoms with Crippen molar-refractivity contribution in [3.8, 4) is 0 Å². The number of rotatable bonds is 2. The van der Waals surface area contributed by atoms with Crippen molar-refractivity contribution in [3.05, 3.63) is 20.8 Å². The van der Waals surface area contributed by atoms with Crippen LogP contribution in [-0.4, -0.2) is 23.5 Å². The summed E-state index contributed by atoms with van der Waals surface area (Å²) >= 11 is 6.88. The smallest absolute Gasteiger partial charge is 0.252 e. The van der Waals surface area contributed by atoms with Gasteiger partial charge in [-0.25, -0.2) is 0 Å². The Morgan fingerprint density at radius 3 is 2.80 bits per heavy atom. The standard InChI is InChI=1S/C10H12BrNOS2/c11-9-5-7(6-15-9)10(13)12-8-1-3-14-4-2-8/h5-6,8H,1-4H2,(H,12,13). The summed E-state index contributed by atoms with van der Waals surface area (Å²) in [6.07, 6.45) is 2.20. The SMILES string of the molecule is O=C(NC1CCSCC1)c1csc(Br)c1. The van der Waals surface area contributed by atoms with Gasteiger partial charge in [0.15, 0.2) is 0 Å². The third kappa shape index (κ3) is 3.23. The first-order valence-corrected chi connectivity index (χ1v) is 7.71. The van der Waals surface area contributed by atoms with E-state index in [0.29, 0.717) is 6.04 Å².